The van der Waals surface area contributed by atoms with Gasteiger partial charge in [0.2, 0.25) is 0 Å². The SMILES string of the molecule is Cc1c2c(c(C)c3[cH-]ccc13)CCC2.[CH3-].[CH3-].[Hf]. The minimum Gasteiger partial charge on any atom is -0.358 e. The second kappa shape index (κ2) is 6.04. The van der Waals surface area contributed by atoms with Gasteiger partial charge in [-0.3, -0.25) is 0 Å². The van der Waals surface area contributed by atoms with E-state index in [-0.39, 0.29) is 40.7 Å². The van der Waals surface area contributed by atoms with Crippen LogP contribution in [0.1, 0.15) is 28.7 Å². The van der Waals surface area contributed by atoms with Crippen LogP contribution in [0.15, 0.2) is 18.2 Å². The van der Waals surface area contributed by atoms with Gasteiger partial charge in [0.1, 0.15) is 0 Å². The van der Waals surface area contributed by atoms with Crippen molar-refractivity contribution in [1.29, 1.82) is 0 Å². The first-order valence-electron chi connectivity index (χ1n) is 5.45. The number of fused-ring (bicyclic) bond motifs is 2. The van der Waals surface area contributed by atoms with Gasteiger partial charge >= 0.3 is 0 Å². The van der Waals surface area contributed by atoms with Crippen molar-refractivity contribution < 1.29 is 25.8 Å². The Bertz CT molecular complexity index is 462. The predicted molar refractivity (Wildman–Crippen MR) is 73.9 cm³/mol. The predicted octanol–water partition coefficient (Wildman–Crippen LogP) is 4.56. The van der Waals surface area contributed by atoms with Crippen molar-refractivity contribution in [3.8, 4) is 0 Å². The number of hydrogen-bond acceptors (Lipinski definition) is 0. The van der Waals surface area contributed by atoms with Gasteiger partial charge in [-0.15, -0.1) is 22.4 Å². The van der Waals surface area contributed by atoms with Crippen molar-refractivity contribution in [2.75, 3.05) is 0 Å². The standard InChI is InChI=1S/C14H15.2CH3.Hf/c1-9-11-5-3-7-13(11)10(2)14-8-4-6-12(9)14;;;/h3,5,7H,4,6,8H2,1-2H3;2*1H3;/q3*-1;. The van der Waals surface area contributed by atoms with Crippen LogP contribution in [-0.2, 0) is 38.7 Å². The molecular weight excluding hydrogens is 371 g/mol. The normalized spacial score (nSPS) is 12.4. The quantitative estimate of drug-likeness (QED) is 0.456. The Morgan fingerprint density at radius 3 is 2.24 bits per heavy atom. The molecule has 0 saturated carbocycles. The Morgan fingerprint density at radius 2 is 1.59 bits per heavy atom. The Hall–Kier alpha value is -0.300. The summed E-state index contributed by atoms with van der Waals surface area (Å²) >= 11 is 0. The third-order valence-electron chi connectivity index (χ3n) is 3.75. The fourth-order valence-electron chi connectivity index (χ4n) is 2.97. The number of aryl methyl sites for hydroxylation is 2. The fourth-order valence-corrected chi connectivity index (χ4v) is 2.97. The molecule has 92 valence electrons. The Labute approximate surface area is 125 Å². The minimum atomic E-state index is 0. The Balaban J connectivity index is 0.000000853. The van der Waals surface area contributed by atoms with Crippen LogP contribution < -0.4 is 0 Å². The number of rotatable bonds is 0. The van der Waals surface area contributed by atoms with E-state index in [4.69, 9.17) is 0 Å². The van der Waals surface area contributed by atoms with E-state index in [1.807, 2.05) is 0 Å². The van der Waals surface area contributed by atoms with Crippen molar-refractivity contribution in [3.63, 3.8) is 0 Å². The van der Waals surface area contributed by atoms with Crippen LogP contribution in [0.3, 0.4) is 0 Å². The molecule has 1 heteroatoms. The fraction of sp³-hybridized carbons (Fsp3) is 0.312. The summed E-state index contributed by atoms with van der Waals surface area (Å²) in [6, 6.07) is 6.70. The average Bonchev–Trinajstić information content (AvgIpc) is 2.82. The van der Waals surface area contributed by atoms with Crippen molar-refractivity contribution in [2.24, 2.45) is 0 Å². The van der Waals surface area contributed by atoms with Gasteiger partial charge in [-0.25, -0.2) is 0 Å². The molecule has 0 nitrogen and oxygen atoms in total. The third kappa shape index (κ3) is 2.31. The van der Waals surface area contributed by atoms with Crippen molar-refractivity contribution in [1.82, 2.24) is 0 Å². The van der Waals surface area contributed by atoms with Crippen LogP contribution >= 0.6 is 0 Å². The molecular formula is C16H21Hf-3. The molecule has 0 saturated heterocycles. The molecule has 0 N–H and O–H groups in total. The summed E-state index contributed by atoms with van der Waals surface area (Å²) in [5.74, 6) is 0. The third-order valence-corrected chi connectivity index (χ3v) is 3.75. The van der Waals surface area contributed by atoms with E-state index >= 15 is 0 Å². The van der Waals surface area contributed by atoms with Gasteiger partial charge in [-0.2, -0.15) is 12.1 Å². The molecule has 0 amide bonds. The van der Waals surface area contributed by atoms with E-state index in [0.717, 1.165) is 0 Å². The largest absolute Gasteiger partial charge is 0.358 e. The van der Waals surface area contributed by atoms with E-state index in [1.54, 1.807) is 11.1 Å². The number of benzene rings is 1. The molecule has 0 heterocycles. The van der Waals surface area contributed by atoms with E-state index in [2.05, 4.69) is 32.0 Å². The first kappa shape index (κ1) is 16.7. The molecule has 1 aliphatic rings. The van der Waals surface area contributed by atoms with Gasteiger partial charge in [0, 0.05) is 25.8 Å². The zero-order valence-corrected chi connectivity index (χ0v) is 14.9. The van der Waals surface area contributed by atoms with Crippen molar-refractivity contribution in [3.05, 3.63) is 55.3 Å². The monoisotopic (exact) mass is 393 g/mol. The minimum absolute atomic E-state index is 0. The zero-order valence-electron chi connectivity index (χ0n) is 11.4. The smallest absolute Gasteiger partial charge is 0 e. The maximum atomic E-state index is 2.28. The van der Waals surface area contributed by atoms with Crippen LogP contribution in [-0.4, -0.2) is 0 Å². The number of hydrogen-bond donors (Lipinski definition) is 0. The molecule has 1 aliphatic carbocycles. The topological polar surface area (TPSA) is 0 Å². The van der Waals surface area contributed by atoms with Gasteiger partial charge in [-0.1, -0.05) is 23.6 Å². The molecule has 0 radical (unpaired) electrons. The summed E-state index contributed by atoms with van der Waals surface area (Å²) in [5.41, 5.74) is 6.34. The van der Waals surface area contributed by atoms with Crippen LogP contribution in [0.5, 0.6) is 0 Å². The maximum absolute atomic E-state index is 2.28. The van der Waals surface area contributed by atoms with Gasteiger partial charge in [0.05, 0.1) is 0 Å². The zero-order chi connectivity index (χ0) is 9.71. The maximum Gasteiger partial charge on any atom is 0 e. The molecule has 17 heavy (non-hydrogen) atoms. The van der Waals surface area contributed by atoms with Gasteiger partial charge < -0.3 is 14.9 Å². The second-order valence-electron chi connectivity index (χ2n) is 4.41. The van der Waals surface area contributed by atoms with E-state index in [0.29, 0.717) is 0 Å². The van der Waals surface area contributed by atoms with Crippen molar-refractivity contribution >= 4 is 10.8 Å². The summed E-state index contributed by atoms with van der Waals surface area (Å²) in [6.45, 7) is 4.57. The van der Waals surface area contributed by atoms with Crippen LogP contribution in [0.4, 0.5) is 0 Å². The molecule has 0 fully saturated rings. The summed E-state index contributed by atoms with van der Waals surface area (Å²) < 4.78 is 0. The van der Waals surface area contributed by atoms with E-state index in [1.165, 1.54) is 41.2 Å². The van der Waals surface area contributed by atoms with Crippen molar-refractivity contribution in [2.45, 2.75) is 33.1 Å². The molecule has 0 aliphatic heterocycles. The molecule has 3 rings (SSSR count). The summed E-state index contributed by atoms with van der Waals surface area (Å²) in [5, 5.41) is 2.95. The molecule has 0 unspecified atom stereocenters. The van der Waals surface area contributed by atoms with Gasteiger partial charge in [-0.05, 0) is 26.2 Å². The van der Waals surface area contributed by atoms with Crippen LogP contribution in [0.25, 0.3) is 10.8 Å². The molecule has 0 bridgehead atoms. The molecule has 0 spiro atoms. The summed E-state index contributed by atoms with van der Waals surface area (Å²) in [4.78, 5) is 0. The van der Waals surface area contributed by atoms with E-state index < -0.39 is 0 Å². The molecule has 0 aromatic heterocycles. The molecule has 0 atom stereocenters. The van der Waals surface area contributed by atoms with E-state index in [9.17, 15) is 0 Å². The van der Waals surface area contributed by atoms with Crippen LogP contribution in [0.2, 0.25) is 0 Å². The molecule has 2 aromatic carbocycles. The summed E-state index contributed by atoms with van der Waals surface area (Å²) in [7, 11) is 0. The van der Waals surface area contributed by atoms with Gasteiger partial charge in [0.25, 0.3) is 0 Å². The average molecular weight is 392 g/mol. The Morgan fingerprint density at radius 1 is 1.00 bits per heavy atom. The first-order valence-corrected chi connectivity index (χ1v) is 5.45. The first-order chi connectivity index (χ1) is 6.79. The summed E-state index contributed by atoms with van der Waals surface area (Å²) in [6.07, 6.45) is 3.94. The second-order valence-corrected chi connectivity index (χ2v) is 4.41. The molecule has 2 aromatic rings. The Kier molecular flexibility index (Phi) is 5.93. The van der Waals surface area contributed by atoms with Crippen LogP contribution in [0, 0.1) is 28.7 Å². The van der Waals surface area contributed by atoms with Gasteiger partial charge in [0.15, 0.2) is 0 Å².